The largest absolute Gasteiger partial charge is 0.336 e. The van der Waals surface area contributed by atoms with Crippen LogP contribution in [0.5, 0.6) is 0 Å². The Labute approximate surface area is 78.7 Å². The lowest BCUT2D eigenvalue weighted by Gasteiger charge is -2.37. The third-order valence-electron chi connectivity index (χ3n) is 3.23. The zero-order chi connectivity index (χ0) is 9.31. The lowest BCUT2D eigenvalue weighted by molar-refractivity contribution is 0.162. The third-order valence-corrected chi connectivity index (χ3v) is 3.23. The van der Waals surface area contributed by atoms with Gasteiger partial charge >= 0.3 is 6.03 Å². The van der Waals surface area contributed by atoms with Gasteiger partial charge in [0.15, 0.2) is 0 Å². The van der Waals surface area contributed by atoms with Crippen LogP contribution in [0.4, 0.5) is 4.79 Å². The average Bonchev–Trinajstić information content (AvgIpc) is 2.49. The van der Waals surface area contributed by atoms with Crippen LogP contribution in [0.2, 0.25) is 0 Å². The third kappa shape index (κ3) is 1.63. The van der Waals surface area contributed by atoms with Crippen LogP contribution in [0.15, 0.2) is 0 Å². The predicted molar refractivity (Wildman–Crippen MR) is 50.6 cm³/mol. The fourth-order valence-electron chi connectivity index (χ4n) is 2.18. The highest BCUT2D eigenvalue weighted by Crippen LogP contribution is 2.23. The fraction of sp³-hybridized carbons (Fsp3) is 0.889. The van der Waals surface area contributed by atoms with Crippen molar-refractivity contribution in [2.24, 2.45) is 0 Å². The van der Waals surface area contributed by atoms with Crippen molar-refractivity contribution in [3.63, 3.8) is 0 Å². The van der Waals surface area contributed by atoms with Gasteiger partial charge in [0.05, 0.1) is 5.54 Å². The fourth-order valence-corrected chi connectivity index (χ4v) is 2.18. The summed E-state index contributed by atoms with van der Waals surface area (Å²) >= 11 is 0. The molecule has 13 heavy (non-hydrogen) atoms. The number of urea groups is 1. The van der Waals surface area contributed by atoms with Crippen molar-refractivity contribution in [2.45, 2.75) is 25.3 Å². The molecule has 0 aromatic heterocycles. The number of nitrogens with zero attached hydrogens (tertiary/aromatic N) is 1. The van der Waals surface area contributed by atoms with Gasteiger partial charge in [-0.2, -0.15) is 0 Å². The average molecular weight is 183 g/mol. The minimum absolute atomic E-state index is 0.00458. The molecular formula is C9H17N3O. The second-order valence-corrected chi connectivity index (χ2v) is 4.02. The van der Waals surface area contributed by atoms with Gasteiger partial charge in [0, 0.05) is 19.6 Å². The summed E-state index contributed by atoms with van der Waals surface area (Å²) < 4.78 is 0. The standard InChI is InChI=1S/C9H17N3O/c1-2-12-5-3-9(4-6-12)7-10-8(13)11-9/h2-7H2,1H3,(H2,10,11,13). The molecule has 2 amide bonds. The maximum atomic E-state index is 11.0. The van der Waals surface area contributed by atoms with E-state index in [-0.39, 0.29) is 11.6 Å². The molecule has 2 rings (SSSR count). The van der Waals surface area contributed by atoms with Gasteiger partial charge < -0.3 is 15.5 Å². The molecular weight excluding hydrogens is 166 g/mol. The Kier molecular flexibility index (Phi) is 2.15. The molecule has 2 N–H and O–H groups in total. The highest BCUT2D eigenvalue weighted by molar-refractivity contribution is 5.77. The van der Waals surface area contributed by atoms with E-state index in [0.29, 0.717) is 0 Å². The molecule has 1 spiro atoms. The number of hydrogen-bond donors (Lipinski definition) is 2. The summed E-state index contributed by atoms with van der Waals surface area (Å²) in [6.45, 7) is 6.33. The Morgan fingerprint density at radius 3 is 2.62 bits per heavy atom. The van der Waals surface area contributed by atoms with Crippen molar-refractivity contribution in [2.75, 3.05) is 26.2 Å². The molecule has 2 aliphatic heterocycles. The second kappa shape index (κ2) is 3.18. The Balaban J connectivity index is 1.93. The van der Waals surface area contributed by atoms with Crippen LogP contribution in [0.25, 0.3) is 0 Å². The molecule has 0 aromatic rings. The molecule has 0 atom stereocenters. The van der Waals surface area contributed by atoms with Crippen LogP contribution in [0, 0.1) is 0 Å². The zero-order valence-corrected chi connectivity index (χ0v) is 8.10. The summed E-state index contributed by atoms with van der Waals surface area (Å²) in [7, 11) is 0. The van der Waals surface area contributed by atoms with Gasteiger partial charge in [0.2, 0.25) is 0 Å². The first kappa shape index (κ1) is 8.81. The van der Waals surface area contributed by atoms with Gasteiger partial charge in [-0.1, -0.05) is 6.92 Å². The molecule has 2 fully saturated rings. The first-order valence-electron chi connectivity index (χ1n) is 5.02. The van der Waals surface area contributed by atoms with E-state index in [4.69, 9.17) is 0 Å². The summed E-state index contributed by atoms with van der Waals surface area (Å²) in [5.41, 5.74) is 0.0722. The molecule has 2 heterocycles. The molecule has 0 aromatic carbocycles. The molecule has 0 radical (unpaired) electrons. The van der Waals surface area contributed by atoms with Crippen molar-refractivity contribution in [1.82, 2.24) is 15.5 Å². The van der Waals surface area contributed by atoms with Gasteiger partial charge in [-0.3, -0.25) is 0 Å². The number of likely N-dealkylation sites (tertiary alicyclic amines) is 1. The van der Waals surface area contributed by atoms with Crippen molar-refractivity contribution < 1.29 is 4.79 Å². The SMILES string of the molecule is CCN1CCC2(CC1)CNC(=O)N2. The Bertz CT molecular complexity index is 209. The van der Waals surface area contributed by atoms with Gasteiger partial charge in [0.25, 0.3) is 0 Å². The Morgan fingerprint density at radius 1 is 1.46 bits per heavy atom. The summed E-state index contributed by atoms with van der Waals surface area (Å²) in [6, 6.07) is 0.00458. The van der Waals surface area contributed by atoms with E-state index in [9.17, 15) is 4.79 Å². The van der Waals surface area contributed by atoms with E-state index in [0.717, 1.165) is 39.0 Å². The molecule has 2 saturated heterocycles. The normalized spacial score (nSPS) is 27.3. The van der Waals surface area contributed by atoms with Crippen LogP contribution < -0.4 is 10.6 Å². The Hall–Kier alpha value is -0.770. The maximum absolute atomic E-state index is 11.0. The van der Waals surface area contributed by atoms with Crippen LogP contribution in [0.1, 0.15) is 19.8 Å². The van der Waals surface area contributed by atoms with Crippen LogP contribution in [-0.4, -0.2) is 42.6 Å². The van der Waals surface area contributed by atoms with Gasteiger partial charge in [0.1, 0.15) is 0 Å². The van der Waals surface area contributed by atoms with E-state index in [2.05, 4.69) is 22.5 Å². The summed E-state index contributed by atoms with van der Waals surface area (Å²) in [5.74, 6) is 0. The summed E-state index contributed by atoms with van der Waals surface area (Å²) in [6.07, 6.45) is 2.17. The van der Waals surface area contributed by atoms with Crippen LogP contribution >= 0.6 is 0 Å². The lowest BCUT2D eigenvalue weighted by atomic mass is 9.88. The summed E-state index contributed by atoms with van der Waals surface area (Å²) in [5, 5.41) is 5.88. The second-order valence-electron chi connectivity index (χ2n) is 4.02. The highest BCUT2D eigenvalue weighted by Gasteiger charge is 2.39. The minimum atomic E-state index is 0.00458. The van der Waals surface area contributed by atoms with Crippen molar-refractivity contribution >= 4 is 6.03 Å². The molecule has 0 unspecified atom stereocenters. The predicted octanol–water partition coefficient (Wildman–Crippen LogP) is 0.154. The number of rotatable bonds is 1. The van der Waals surface area contributed by atoms with Gasteiger partial charge in [-0.25, -0.2) is 4.79 Å². The number of nitrogens with one attached hydrogen (secondary N) is 2. The van der Waals surface area contributed by atoms with E-state index >= 15 is 0 Å². The minimum Gasteiger partial charge on any atom is -0.336 e. The zero-order valence-electron chi connectivity index (χ0n) is 8.10. The molecule has 2 aliphatic rings. The van der Waals surface area contributed by atoms with Crippen LogP contribution in [-0.2, 0) is 0 Å². The quantitative estimate of drug-likeness (QED) is 0.608. The van der Waals surface area contributed by atoms with Crippen molar-refractivity contribution in [3.8, 4) is 0 Å². The van der Waals surface area contributed by atoms with Crippen molar-refractivity contribution in [1.29, 1.82) is 0 Å². The smallest absolute Gasteiger partial charge is 0.315 e. The lowest BCUT2D eigenvalue weighted by Crippen LogP contribution is -2.52. The number of hydrogen-bond acceptors (Lipinski definition) is 2. The van der Waals surface area contributed by atoms with Gasteiger partial charge in [-0.15, -0.1) is 0 Å². The Morgan fingerprint density at radius 2 is 2.15 bits per heavy atom. The molecule has 4 heteroatoms. The van der Waals surface area contributed by atoms with Crippen molar-refractivity contribution in [3.05, 3.63) is 0 Å². The first-order chi connectivity index (χ1) is 6.24. The van der Waals surface area contributed by atoms with Crippen LogP contribution in [0.3, 0.4) is 0 Å². The first-order valence-corrected chi connectivity index (χ1v) is 5.02. The van der Waals surface area contributed by atoms with E-state index in [1.165, 1.54) is 0 Å². The number of carbonyl (C=O) groups excluding carboxylic acids is 1. The van der Waals surface area contributed by atoms with Gasteiger partial charge in [-0.05, 0) is 19.4 Å². The number of piperidine rings is 1. The van der Waals surface area contributed by atoms with E-state index in [1.807, 2.05) is 0 Å². The molecule has 0 bridgehead atoms. The summed E-state index contributed by atoms with van der Waals surface area (Å²) in [4.78, 5) is 13.5. The highest BCUT2D eigenvalue weighted by atomic mass is 16.2. The topological polar surface area (TPSA) is 44.4 Å². The molecule has 0 saturated carbocycles. The van der Waals surface area contributed by atoms with E-state index in [1.54, 1.807) is 0 Å². The molecule has 74 valence electrons. The maximum Gasteiger partial charge on any atom is 0.315 e. The monoisotopic (exact) mass is 183 g/mol. The van der Waals surface area contributed by atoms with E-state index < -0.39 is 0 Å². The molecule has 0 aliphatic carbocycles. The molecule has 4 nitrogen and oxygen atoms in total. The number of carbonyl (C=O) groups is 1. The number of amides is 2.